The summed E-state index contributed by atoms with van der Waals surface area (Å²) in [5, 5.41) is 7.96. The maximum atomic E-state index is 13.1. The van der Waals surface area contributed by atoms with Crippen LogP contribution >= 0.6 is 11.3 Å². The SMILES string of the molecule is CCOC(=O)c1c(-c2ccc(C)cc2)csc1NC(=O)c1ccc(O[C@@H](C)C(=O)Nc2ccc(CC)cc2)cc1. The number of amides is 2. The zero-order valence-corrected chi connectivity index (χ0v) is 23.8. The predicted octanol–water partition coefficient (Wildman–Crippen LogP) is 7.12. The van der Waals surface area contributed by atoms with Gasteiger partial charge in [0.2, 0.25) is 0 Å². The van der Waals surface area contributed by atoms with Gasteiger partial charge in [0, 0.05) is 22.2 Å². The standard InChI is InChI=1S/C32H32N2O5S/c1-5-22-9-15-25(16-10-22)33-29(35)21(4)39-26-17-13-24(14-18-26)30(36)34-31-28(32(37)38-6-2)27(19-40-31)23-11-7-20(3)8-12-23/h7-19,21H,5-6H2,1-4H3,(H,33,35)(H,34,36)/t21-/m0/s1. The highest BCUT2D eigenvalue weighted by molar-refractivity contribution is 7.15. The number of hydrogen-bond donors (Lipinski definition) is 2. The number of thiophene rings is 1. The molecule has 8 heteroatoms. The van der Waals surface area contributed by atoms with E-state index in [1.807, 2.05) is 60.8 Å². The lowest BCUT2D eigenvalue weighted by Gasteiger charge is -2.15. The average Bonchev–Trinajstić information content (AvgIpc) is 3.37. The first-order chi connectivity index (χ1) is 19.3. The predicted molar refractivity (Wildman–Crippen MR) is 159 cm³/mol. The fourth-order valence-corrected chi connectivity index (χ4v) is 4.94. The Hall–Kier alpha value is -4.43. The second kappa shape index (κ2) is 13.1. The zero-order chi connectivity index (χ0) is 28.6. The highest BCUT2D eigenvalue weighted by Crippen LogP contribution is 2.36. The Morgan fingerprint density at radius 2 is 1.55 bits per heavy atom. The Bertz CT molecular complexity index is 1480. The van der Waals surface area contributed by atoms with Crippen molar-refractivity contribution in [3.05, 3.63) is 100 Å². The third kappa shape index (κ3) is 6.95. The number of ether oxygens (including phenoxy) is 2. The van der Waals surface area contributed by atoms with E-state index in [4.69, 9.17) is 9.47 Å². The van der Waals surface area contributed by atoms with Crippen LogP contribution in [0.3, 0.4) is 0 Å². The number of carbonyl (C=O) groups excluding carboxylic acids is 3. The fourth-order valence-electron chi connectivity index (χ4n) is 3.99. The van der Waals surface area contributed by atoms with Crippen molar-refractivity contribution in [1.82, 2.24) is 0 Å². The van der Waals surface area contributed by atoms with E-state index in [2.05, 4.69) is 17.6 Å². The summed E-state index contributed by atoms with van der Waals surface area (Å²) < 4.78 is 11.1. The third-order valence-electron chi connectivity index (χ3n) is 6.29. The monoisotopic (exact) mass is 556 g/mol. The van der Waals surface area contributed by atoms with Gasteiger partial charge in [0.15, 0.2) is 6.10 Å². The smallest absolute Gasteiger partial charge is 0.341 e. The van der Waals surface area contributed by atoms with E-state index < -0.39 is 12.1 Å². The number of nitrogens with one attached hydrogen (secondary N) is 2. The molecule has 0 fully saturated rings. The molecule has 4 aromatic rings. The fraction of sp³-hybridized carbons (Fsp3) is 0.219. The average molecular weight is 557 g/mol. The molecule has 3 aromatic carbocycles. The van der Waals surface area contributed by atoms with Gasteiger partial charge in [0.1, 0.15) is 16.3 Å². The van der Waals surface area contributed by atoms with Gasteiger partial charge in [0.25, 0.3) is 11.8 Å². The van der Waals surface area contributed by atoms with Crippen molar-refractivity contribution < 1.29 is 23.9 Å². The first-order valence-electron chi connectivity index (χ1n) is 13.1. The summed E-state index contributed by atoms with van der Waals surface area (Å²) >= 11 is 1.27. The largest absolute Gasteiger partial charge is 0.481 e. The summed E-state index contributed by atoms with van der Waals surface area (Å²) in [5.74, 6) is -0.701. The highest BCUT2D eigenvalue weighted by Gasteiger charge is 2.23. The van der Waals surface area contributed by atoms with Crippen LogP contribution in [0.5, 0.6) is 5.75 Å². The molecular weight excluding hydrogens is 524 g/mol. The second-order valence-electron chi connectivity index (χ2n) is 9.22. The van der Waals surface area contributed by atoms with E-state index in [1.54, 1.807) is 38.1 Å². The quantitative estimate of drug-likeness (QED) is 0.203. The van der Waals surface area contributed by atoms with Crippen LogP contribution < -0.4 is 15.4 Å². The number of carbonyl (C=O) groups is 3. The topological polar surface area (TPSA) is 93.7 Å². The third-order valence-corrected chi connectivity index (χ3v) is 7.18. The minimum absolute atomic E-state index is 0.221. The molecule has 1 aromatic heterocycles. The first kappa shape index (κ1) is 28.6. The van der Waals surface area contributed by atoms with E-state index >= 15 is 0 Å². The Morgan fingerprint density at radius 1 is 0.875 bits per heavy atom. The van der Waals surface area contributed by atoms with Crippen molar-refractivity contribution >= 4 is 39.8 Å². The van der Waals surface area contributed by atoms with Crippen LogP contribution in [0.15, 0.2) is 78.2 Å². The van der Waals surface area contributed by atoms with Crippen LogP contribution in [-0.4, -0.2) is 30.5 Å². The van der Waals surface area contributed by atoms with E-state index in [-0.39, 0.29) is 18.4 Å². The molecule has 0 aliphatic heterocycles. The Kier molecular flexibility index (Phi) is 9.35. The van der Waals surface area contributed by atoms with E-state index in [0.717, 1.165) is 17.5 Å². The van der Waals surface area contributed by atoms with Crippen LogP contribution in [0.25, 0.3) is 11.1 Å². The Labute approximate surface area is 238 Å². The molecule has 0 aliphatic carbocycles. The van der Waals surface area contributed by atoms with Gasteiger partial charge in [-0.1, -0.05) is 48.9 Å². The zero-order valence-electron chi connectivity index (χ0n) is 22.9. The Balaban J connectivity index is 1.43. The van der Waals surface area contributed by atoms with Gasteiger partial charge in [-0.2, -0.15) is 0 Å². The van der Waals surface area contributed by atoms with E-state index in [0.29, 0.717) is 33.1 Å². The number of anilines is 2. The molecule has 0 saturated carbocycles. The molecule has 1 atom stereocenters. The van der Waals surface area contributed by atoms with Crippen molar-refractivity contribution in [1.29, 1.82) is 0 Å². The van der Waals surface area contributed by atoms with Crippen molar-refractivity contribution in [2.45, 2.75) is 40.2 Å². The normalized spacial score (nSPS) is 11.4. The molecule has 0 unspecified atom stereocenters. The van der Waals surface area contributed by atoms with Gasteiger partial charge >= 0.3 is 5.97 Å². The molecule has 0 bridgehead atoms. The maximum absolute atomic E-state index is 13.1. The lowest BCUT2D eigenvalue weighted by molar-refractivity contribution is -0.122. The van der Waals surface area contributed by atoms with Gasteiger partial charge in [-0.05, 0) is 74.7 Å². The molecule has 206 valence electrons. The van der Waals surface area contributed by atoms with Gasteiger partial charge in [-0.25, -0.2) is 4.79 Å². The minimum atomic E-state index is -0.746. The van der Waals surface area contributed by atoms with Crippen molar-refractivity contribution in [2.24, 2.45) is 0 Å². The molecule has 0 radical (unpaired) electrons. The lowest BCUT2D eigenvalue weighted by Crippen LogP contribution is -2.30. The summed E-state index contributed by atoms with van der Waals surface area (Å²) in [4.78, 5) is 38.5. The minimum Gasteiger partial charge on any atom is -0.481 e. The number of aryl methyl sites for hydroxylation is 2. The molecule has 0 saturated heterocycles. The van der Waals surface area contributed by atoms with Crippen molar-refractivity contribution in [3.63, 3.8) is 0 Å². The number of rotatable bonds is 10. The van der Waals surface area contributed by atoms with Crippen LogP contribution in [-0.2, 0) is 16.0 Å². The molecule has 4 rings (SSSR count). The summed E-state index contributed by atoms with van der Waals surface area (Å²) in [6.45, 7) is 7.69. The molecule has 2 N–H and O–H groups in total. The summed E-state index contributed by atoms with van der Waals surface area (Å²) in [6, 6.07) is 22.0. The second-order valence-corrected chi connectivity index (χ2v) is 10.1. The molecule has 0 aliphatic rings. The van der Waals surface area contributed by atoms with Crippen molar-refractivity contribution in [2.75, 3.05) is 17.2 Å². The van der Waals surface area contributed by atoms with Gasteiger partial charge in [-0.3, -0.25) is 9.59 Å². The van der Waals surface area contributed by atoms with E-state index in [9.17, 15) is 14.4 Å². The number of hydrogen-bond acceptors (Lipinski definition) is 6. The van der Waals surface area contributed by atoms with Gasteiger partial charge < -0.3 is 20.1 Å². The number of esters is 1. The summed E-state index contributed by atoms with van der Waals surface area (Å²) in [6.07, 6.45) is 0.180. The van der Waals surface area contributed by atoms with Gasteiger partial charge in [-0.15, -0.1) is 11.3 Å². The van der Waals surface area contributed by atoms with Gasteiger partial charge in [0.05, 0.1) is 6.61 Å². The first-order valence-corrected chi connectivity index (χ1v) is 14.0. The highest BCUT2D eigenvalue weighted by atomic mass is 32.1. The summed E-state index contributed by atoms with van der Waals surface area (Å²) in [5.41, 5.74) is 5.27. The van der Waals surface area contributed by atoms with Crippen molar-refractivity contribution in [3.8, 4) is 16.9 Å². The lowest BCUT2D eigenvalue weighted by atomic mass is 10.0. The maximum Gasteiger partial charge on any atom is 0.341 e. The number of benzene rings is 3. The van der Waals surface area contributed by atoms with Crippen LogP contribution in [0, 0.1) is 6.92 Å². The van der Waals surface area contributed by atoms with E-state index in [1.165, 1.54) is 16.9 Å². The summed E-state index contributed by atoms with van der Waals surface area (Å²) in [7, 11) is 0. The molecule has 1 heterocycles. The Morgan fingerprint density at radius 3 is 2.17 bits per heavy atom. The molecule has 2 amide bonds. The molecular formula is C32H32N2O5S. The van der Waals surface area contributed by atoms with Crippen LogP contribution in [0.2, 0.25) is 0 Å². The van der Waals surface area contributed by atoms with Crippen LogP contribution in [0.4, 0.5) is 10.7 Å². The van der Waals surface area contributed by atoms with Crippen LogP contribution in [0.1, 0.15) is 52.6 Å². The molecule has 7 nitrogen and oxygen atoms in total. The molecule has 0 spiro atoms. The molecule has 40 heavy (non-hydrogen) atoms.